The molecule has 0 bridgehead atoms. The van der Waals surface area contributed by atoms with Gasteiger partial charge in [0.25, 0.3) is 0 Å². The standard InChI is InChI=1S/C15H16N4O/c1-2-8-20-15(3-1)19-11-13(9-17-19)12-4-5-14-6-7-16-18(14)10-12/h4-7,9-11,15H,1-3,8H2. The highest BCUT2D eigenvalue weighted by Gasteiger charge is 2.16. The van der Waals surface area contributed by atoms with Gasteiger partial charge >= 0.3 is 0 Å². The first-order valence-corrected chi connectivity index (χ1v) is 7.00. The number of ether oxygens (including phenoxy) is 1. The van der Waals surface area contributed by atoms with Crippen molar-refractivity contribution >= 4 is 5.52 Å². The molecule has 102 valence electrons. The minimum atomic E-state index is 0.0888. The van der Waals surface area contributed by atoms with Crippen LogP contribution in [0.1, 0.15) is 25.5 Å². The van der Waals surface area contributed by atoms with Crippen LogP contribution in [0, 0.1) is 0 Å². The van der Waals surface area contributed by atoms with Crippen molar-refractivity contribution in [2.24, 2.45) is 0 Å². The third-order valence-electron chi connectivity index (χ3n) is 3.78. The Bertz CT molecular complexity index is 724. The maximum atomic E-state index is 5.75. The monoisotopic (exact) mass is 268 g/mol. The van der Waals surface area contributed by atoms with E-state index in [1.165, 1.54) is 6.42 Å². The van der Waals surface area contributed by atoms with E-state index in [2.05, 4.69) is 28.5 Å². The second-order valence-corrected chi connectivity index (χ2v) is 5.15. The van der Waals surface area contributed by atoms with Crippen molar-refractivity contribution in [2.45, 2.75) is 25.5 Å². The van der Waals surface area contributed by atoms with Gasteiger partial charge in [0, 0.05) is 36.3 Å². The molecule has 0 N–H and O–H groups in total. The van der Waals surface area contributed by atoms with Crippen molar-refractivity contribution < 1.29 is 4.74 Å². The van der Waals surface area contributed by atoms with Crippen LogP contribution < -0.4 is 0 Å². The lowest BCUT2D eigenvalue weighted by molar-refractivity contribution is -0.0394. The van der Waals surface area contributed by atoms with Crippen LogP contribution in [0.4, 0.5) is 0 Å². The molecule has 0 spiro atoms. The van der Waals surface area contributed by atoms with E-state index < -0.39 is 0 Å². The van der Waals surface area contributed by atoms with Crippen molar-refractivity contribution in [3.05, 3.63) is 43.0 Å². The Kier molecular flexibility index (Phi) is 2.77. The molecule has 5 nitrogen and oxygen atoms in total. The molecule has 1 aliphatic rings. The summed E-state index contributed by atoms with van der Waals surface area (Å²) in [7, 11) is 0. The summed E-state index contributed by atoms with van der Waals surface area (Å²) in [5.41, 5.74) is 3.30. The van der Waals surface area contributed by atoms with Gasteiger partial charge in [0.15, 0.2) is 0 Å². The summed E-state index contributed by atoms with van der Waals surface area (Å²) >= 11 is 0. The SMILES string of the molecule is c1cc2ccc(-c3cnn(C4CCCCO4)c3)cn2n1. The number of nitrogens with zero attached hydrogens (tertiary/aromatic N) is 4. The predicted octanol–water partition coefficient (Wildman–Crippen LogP) is 2.90. The highest BCUT2D eigenvalue weighted by atomic mass is 16.5. The van der Waals surface area contributed by atoms with E-state index in [1.54, 1.807) is 6.20 Å². The molecule has 1 aliphatic heterocycles. The second kappa shape index (κ2) is 4.76. The van der Waals surface area contributed by atoms with E-state index in [0.717, 1.165) is 36.1 Å². The van der Waals surface area contributed by atoms with Gasteiger partial charge in [-0.2, -0.15) is 10.2 Å². The van der Waals surface area contributed by atoms with Crippen LogP contribution >= 0.6 is 0 Å². The van der Waals surface area contributed by atoms with Gasteiger partial charge in [0.1, 0.15) is 6.23 Å². The van der Waals surface area contributed by atoms with Crippen LogP contribution in [0.5, 0.6) is 0 Å². The van der Waals surface area contributed by atoms with Crippen molar-refractivity contribution in [3.63, 3.8) is 0 Å². The lowest BCUT2D eigenvalue weighted by Gasteiger charge is -2.22. The third kappa shape index (κ3) is 2.00. The van der Waals surface area contributed by atoms with Gasteiger partial charge < -0.3 is 4.74 Å². The largest absolute Gasteiger partial charge is 0.357 e. The number of pyridine rings is 1. The fourth-order valence-corrected chi connectivity index (χ4v) is 2.66. The fraction of sp³-hybridized carbons (Fsp3) is 0.333. The fourth-order valence-electron chi connectivity index (χ4n) is 2.66. The lowest BCUT2D eigenvalue weighted by atomic mass is 10.1. The number of hydrogen-bond donors (Lipinski definition) is 0. The van der Waals surface area contributed by atoms with Crippen molar-refractivity contribution in [1.29, 1.82) is 0 Å². The molecule has 0 saturated carbocycles. The number of aromatic nitrogens is 4. The van der Waals surface area contributed by atoms with Gasteiger partial charge in [0.2, 0.25) is 0 Å². The summed E-state index contributed by atoms with van der Waals surface area (Å²) < 4.78 is 9.57. The van der Waals surface area contributed by atoms with Crippen molar-refractivity contribution in [1.82, 2.24) is 19.4 Å². The summed E-state index contributed by atoms with van der Waals surface area (Å²) in [6.07, 6.45) is 11.3. The minimum absolute atomic E-state index is 0.0888. The molecule has 0 aromatic carbocycles. The highest BCUT2D eigenvalue weighted by Crippen LogP contribution is 2.25. The van der Waals surface area contributed by atoms with Gasteiger partial charge in [-0.05, 0) is 31.4 Å². The molecule has 5 heteroatoms. The summed E-state index contributed by atoms with van der Waals surface area (Å²) in [5.74, 6) is 0. The summed E-state index contributed by atoms with van der Waals surface area (Å²) in [6.45, 7) is 0.832. The minimum Gasteiger partial charge on any atom is -0.357 e. The average molecular weight is 268 g/mol. The van der Waals surface area contributed by atoms with E-state index in [4.69, 9.17) is 4.74 Å². The average Bonchev–Trinajstić information content (AvgIpc) is 3.16. The van der Waals surface area contributed by atoms with E-state index in [1.807, 2.05) is 27.7 Å². The Hall–Kier alpha value is -2.14. The predicted molar refractivity (Wildman–Crippen MR) is 75.3 cm³/mol. The molecule has 4 heterocycles. The van der Waals surface area contributed by atoms with Crippen LogP contribution in [0.3, 0.4) is 0 Å². The Morgan fingerprint density at radius 3 is 2.95 bits per heavy atom. The van der Waals surface area contributed by atoms with E-state index in [-0.39, 0.29) is 6.23 Å². The van der Waals surface area contributed by atoms with Crippen LogP contribution in [0.25, 0.3) is 16.6 Å². The molecule has 4 rings (SSSR count). The number of hydrogen-bond acceptors (Lipinski definition) is 3. The van der Waals surface area contributed by atoms with Gasteiger partial charge in [-0.25, -0.2) is 9.20 Å². The second-order valence-electron chi connectivity index (χ2n) is 5.15. The first-order chi connectivity index (χ1) is 9.90. The third-order valence-corrected chi connectivity index (χ3v) is 3.78. The van der Waals surface area contributed by atoms with Crippen LogP contribution in [0.2, 0.25) is 0 Å². The summed E-state index contributed by atoms with van der Waals surface area (Å²) in [5, 5.41) is 8.71. The summed E-state index contributed by atoms with van der Waals surface area (Å²) in [6, 6.07) is 6.15. The molecule has 0 amide bonds. The quantitative estimate of drug-likeness (QED) is 0.718. The normalized spacial score (nSPS) is 19.5. The molecule has 3 aromatic heterocycles. The van der Waals surface area contributed by atoms with Crippen LogP contribution in [-0.2, 0) is 4.74 Å². The highest BCUT2D eigenvalue weighted by molar-refractivity contribution is 5.63. The molecule has 1 unspecified atom stereocenters. The van der Waals surface area contributed by atoms with E-state index in [9.17, 15) is 0 Å². The van der Waals surface area contributed by atoms with Gasteiger partial charge in [-0.3, -0.25) is 0 Å². The zero-order valence-electron chi connectivity index (χ0n) is 11.1. The topological polar surface area (TPSA) is 44.4 Å². The Morgan fingerprint density at radius 2 is 2.05 bits per heavy atom. The Morgan fingerprint density at radius 1 is 1.05 bits per heavy atom. The zero-order valence-corrected chi connectivity index (χ0v) is 11.1. The maximum Gasteiger partial charge on any atom is 0.150 e. The van der Waals surface area contributed by atoms with Gasteiger partial charge in [-0.15, -0.1) is 0 Å². The van der Waals surface area contributed by atoms with Gasteiger partial charge in [0.05, 0.1) is 11.7 Å². The smallest absolute Gasteiger partial charge is 0.150 e. The molecule has 20 heavy (non-hydrogen) atoms. The van der Waals surface area contributed by atoms with E-state index >= 15 is 0 Å². The molecule has 0 aliphatic carbocycles. The molecular weight excluding hydrogens is 252 g/mol. The molecule has 0 radical (unpaired) electrons. The van der Waals surface area contributed by atoms with Crippen LogP contribution in [-0.4, -0.2) is 26.0 Å². The molecule has 1 fully saturated rings. The van der Waals surface area contributed by atoms with Gasteiger partial charge in [-0.1, -0.05) is 6.07 Å². The van der Waals surface area contributed by atoms with Crippen LogP contribution in [0.15, 0.2) is 43.0 Å². The molecule has 1 atom stereocenters. The maximum absolute atomic E-state index is 5.75. The first kappa shape index (κ1) is 11.7. The lowest BCUT2D eigenvalue weighted by Crippen LogP contribution is -2.18. The molecule has 1 saturated heterocycles. The number of fused-ring (bicyclic) bond motifs is 1. The van der Waals surface area contributed by atoms with Crippen molar-refractivity contribution in [2.75, 3.05) is 6.61 Å². The molecule has 3 aromatic rings. The zero-order chi connectivity index (χ0) is 13.4. The summed E-state index contributed by atoms with van der Waals surface area (Å²) in [4.78, 5) is 0. The van der Waals surface area contributed by atoms with E-state index in [0.29, 0.717) is 0 Å². The Balaban J connectivity index is 1.66. The molecular formula is C15H16N4O. The van der Waals surface area contributed by atoms with Crippen molar-refractivity contribution in [3.8, 4) is 11.1 Å². The Labute approximate surface area is 116 Å². The first-order valence-electron chi connectivity index (χ1n) is 7.00. The number of rotatable bonds is 2.